The fraction of sp³-hybridized carbons (Fsp3) is 0.833. The summed E-state index contributed by atoms with van der Waals surface area (Å²) in [6.07, 6.45) is 0.393. The molecule has 0 radical (unpaired) electrons. The monoisotopic (exact) mass is 242 g/mol. The smallest absolute Gasteiger partial charge is 0.234 e. The summed E-state index contributed by atoms with van der Waals surface area (Å²) in [5.41, 5.74) is 0. The topological polar surface area (TPSA) is 69.6 Å². The van der Waals surface area contributed by atoms with Crippen LogP contribution in [0.25, 0.3) is 0 Å². The molecule has 1 saturated heterocycles. The minimum absolute atomic E-state index is 0.0187. The third kappa shape index (κ3) is 4.44. The van der Waals surface area contributed by atoms with Crippen molar-refractivity contribution in [2.24, 2.45) is 5.92 Å². The third-order valence-corrected chi connectivity index (χ3v) is 3.04. The van der Waals surface area contributed by atoms with E-state index in [2.05, 4.69) is 5.32 Å². The van der Waals surface area contributed by atoms with Gasteiger partial charge >= 0.3 is 0 Å². The summed E-state index contributed by atoms with van der Waals surface area (Å²) in [5, 5.41) is 12.1. The predicted molar refractivity (Wildman–Crippen MR) is 64.5 cm³/mol. The van der Waals surface area contributed by atoms with Crippen LogP contribution in [0.4, 0.5) is 0 Å². The van der Waals surface area contributed by atoms with E-state index >= 15 is 0 Å². The molecule has 0 bridgehead atoms. The lowest BCUT2D eigenvalue weighted by molar-refractivity contribution is -0.128. The first-order valence-electron chi connectivity index (χ1n) is 6.10. The van der Waals surface area contributed by atoms with Gasteiger partial charge in [0.1, 0.15) is 0 Å². The van der Waals surface area contributed by atoms with E-state index in [0.29, 0.717) is 13.0 Å². The zero-order valence-electron chi connectivity index (χ0n) is 10.8. The maximum absolute atomic E-state index is 11.7. The molecule has 2 N–H and O–H groups in total. The molecule has 0 aromatic carbocycles. The molecule has 1 fully saturated rings. The predicted octanol–water partition coefficient (Wildman–Crippen LogP) is -0.217. The second-order valence-corrected chi connectivity index (χ2v) is 5.08. The summed E-state index contributed by atoms with van der Waals surface area (Å²) in [6.45, 7) is 6.84. The first-order valence-corrected chi connectivity index (χ1v) is 6.10. The van der Waals surface area contributed by atoms with Gasteiger partial charge in [0.2, 0.25) is 5.91 Å². The molecule has 17 heavy (non-hydrogen) atoms. The number of nitrogens with zero attached hydrogens (tertiary/aromatic N) is 1. The zero-order valence-corrected chi connectivity index (χ0v) is 10.8. The van der Waals surface area contributed by atoms with Crippen LogP contribution < -0.4 is 5.32 Å². The molecule has 1 aliphatic rings. The Kier molecular flexibility index (Phi) is 5.08. The first-order chi connectivity index (χ1) is 7.90. The zero-order chi connectivity index (χ0) is 13.0. The van der Waals surface area contributed by atoms with Crippen LogP contribution in [-0.2, 0) is 9.59 Å². The van der Waals surface area contributed by atoms with Crippen molar-refractivity contribution in [2.75, 3.05) is 19.6 Å². The number of Topliss-reactive ketones (excluding diaryl/α,β-unsaturated/α-hetero) is 1. The van der Waals surface area contributed by atoms with Crippen LogP contribution in [0.5, 0.6) is 0 Å². The molecular weight excluding hydrogens is 220 g/mol. The Bertz CT molecular complexity index is 291. The standard InChI is InChI=1S/C12H22N2O3/c1-8(2)12(9(3)15)13-11(17)7-14-5-4-10(16)6-14/h8,10,12,16H,4-7H2,1-3H3,(H,13,17). The van der Waals surface area contributed by atoms with Gasteiger partial charge in [0.15, 0.2) is 5.78 Å². The summed E-state index contributed by atoms with van der Waals surface area (Å²) >= 11 is 0. The summed E-state index contributed by atoms with van der Waals surface area (Å²) in [5.74, 6) is -0.0663. The van der Waals surface area contributed by atoms with Crippen LogP contribution >= 0.6 is 0 Å². The molecule has 0 aromatic rings. The van der Waals surface area contributed by atoms with Gasteiger partial charge in [-0.1, -0.05) is 13.8 Å². The van der Waals surface area contributed by atoms with E-state index < -0.39 is 6.04 Å². The van der Waals surface area contributed by atoms with Crippen LogP contribution in [0.15, 0.2) is 0 Å². The van der Waals surface area contributed by atoms with E-state index in [1.54, 1.807) is 0 Å². The normalized spacial score (nSPS) is 22.8. The Morgan fingerprint density at radius 3 is 2.53 bits per heavy atom. The van der Waals surface area contributed by atoms with Gasteiger partial charge in [-0.2, -0.15) is 0 Å². The molecule has 1 aliphatic heterocycles. The summed E-state index contributed by atoms with van der Waals surface area (Å²) in [7, 11) is 0. The minimum atomic E-state index is -0.407. The Morgan fingerprint density at radius 2 is 2.12 bits per heavy atom. The molecule has 5 heteroatoms. The number of hydrogen-bond acceptors (Lipinski definition) is 4. The number of rotatable bonds is 5. The third-order valence-electron chi connectivity index (χ3n) is 3.04. The van der Waals surface area contributed by atoms with Crippen LogP contribution in [-0.4, -0.2) is 53.5 Å². The number of nitrogens with one attached hydrogen (secondary N) is 1. The van der Waals surface area contributed by atoms with Crippen molar-refractivity contribution in [3.8, 4) is 0 Å². The molecular formula is C12H22N2O3. The fourth-order valence-corrected chi connectivity index (χ4v) is 2.12. The molecule has 1 heterocycles. The van der Waals surface area contributed by atoms with Gasteiger partial charge in [-0.25, -0.2) is 0 Å². The quantitative estimate of drug-likeness (QED) is 0.699. The van der Waals surface area contributed by atoms with Crippen LogP contribution in [0, 0.1) is 5.92 Å². The number of ketones is 1. The molecule has 2 unspecified atom stereocenters. The fourth-order valence-electron chi connectivity index (χ4n) is 2.12. The van der Waals surface area contributed by atoms with Crippen molar-refractivity contribution in [1.82, 2.24) is 10.2 Å². The molecule has 0 saturated carbocycles. The van der Waals surface area contributed by atoms with E-state index in [4.69, 9.17) is 0 Å². The van der Waals surface area contributed by atoms with E-state index in [0.717, 1.165) is 6.54 Å². The average molecular weight is 242 g/mol. The van der Waals surface area contributed by atoms with E-state index in [1.807, 2.05) is 18.7 Å². The van der Waals surface area contributed by atoms with Crippen molar-refractivity contribution in [2.45, 2.75) is 39.3 Å². The largest absolute Gasteiger partial charge is 0.392 e. The molecule has 2 atom stereocenters. The van der Waals surface area contributed by atoms with Gasteiger partial charge in [-0.15, -0.1) is 0 Å². The number of amides is 1. The summed E-state index contributed by atoms with van der Waals surface area (Å²) in [6, 6.07) is -0.407. The molecule has 5 nitrogen and oxygen atoms in total. The highest BCUT2D eigenvalue weighted by molar-refractivity contribution is 5.88. The lowest BCUT2D eigenvalue weighted by Gasteiger charge is -2.21. The number of likely N-dealkylation sites (tertiary alicyclic amines) is 1. The second kappa shape index (κ2) is 6.12. The van der Waals surface area contributed by atoms with Crippen molar-refractivity contribution >= 4 is 11.7 Å². The molecule has 1 rings (SSSR count). The number of hydrogen-bond donors (Lipinski definition) is 2. The van der Waals surface area contributed by atoms with E-state index in [1.165, 1.54) is 6.92 Å². The number of carbonyl (C=O) groups excluding carboxylic acids is 2. The number of β-amino-alcohol motifs (C(OH)–C–C–N with tert-alkyl or cyclic N) is 1. The number of aliphatic hydroxyl groups excluding tert-OH is 1. The van der Waals surface area contributed by atoms with Gasteiger partial charge < -0.3 is 10.4 Å². The van der Waals surface area contributed by atoms with Crippen molar-refractivity contribution in [3.05, 3.63) is 0 Å². The Morgan fingerprint density at radius 1 is 1.47 bits per heavy atom. The molecule has 0 aromatic heterocycles. The SMILES string of the molecule is CC(=O)C(NC(=O)CN1CCC(O)C1)C(C)C. The van der Waals surface area contributed by atoms with Crippen LogP contribution in [0.3, 0.4) is 0 Å². The van der Waals surface area contributed by atoms with Crippen LogP contribution in [0.1, 0.15) is 27.2 Å². The highest BCUT2D eigenvalue weighted by atomic mass is 16.3. The lowest BCUT2D eigenvalue weighted by Crippen LogP contribution is -2.47. The Hall–Kier alpha value is -0.940. The molecule has 98 valence electrons. The van der Waals surface area contributed by atoms with E-state index in [9.17, 15) is 14.7 Å². The van der Waals surface area contributed by atoms with Crippen molar-refractivity contribution in [3.63, 3.8) is 0 Å². The Balaban J connectivity index is 2.40. The molecule has 0 spiro atoms. The number of aliphatic hydroxyl groups is 1. The first kappa shape index (κ1) is 14.1. The maximum atomic E-state index is 11.7. The van der Waals surface area contributed by atoms with Gasteiger partial charge in [0.25, 0.3) is 0 Å². The highest BCUT2D eigenvalue weighted by Gasteiger charge is 2.25. The number of carbonyl (C=O) groups is 2. The van der Waals surface area contributed by atoms with Crippen molar-refractivity contribution in [1.29, 1.82) is 0 Å². The maximum Gasteiger partial charge on any atom is 0.234 e. The summed E-state index contributed by atoms with van der Waals surface area (Å²) < 4.78 is 0. The molecule has 0 aliphatic carbocycles. The van der Waals surface area contributed by atoms with Gasteiger partial charge in [0.05, 0.1) is 18.7 Å². The average Bonchev–Trinajstić information content (AvgIpc) is 2.59. The van der Waals surface area contributed by atoms with Gasteiger partial charge in [0, 0.05) is 13.1 Å². The van der Waals surface area contributed by atoms with Crippen LogP contribution in [0.2, 0.25) is 0 Å². The van der Waals surface area contributed by atoms with Gasteiger partial charge in [-0.3, -0.25) is 14.5 Å². The van der Waals surface area contributed by atoms with Gasteiger partial charge in [-0.05, 0) is 19.3 Å². The molecule has 1 amide bonds. The second-order valence-electron chi connectivity index (χ2n) is 5.08. The van der Waals surface area contributed by atoms with Crippen molar-refractivity contribution < 1.29 is 14.7 Å². The lowest BCUT2D eigenvalue weighted by atomic mass is 10.0. The highest BCUT2D eigenvalue weighted by Crippen LogP contribution is 2.08. The Labute approximate surface area is 102 Å². The van der Waals surface area contributed by atoms with E-state index in [-0.39, 0.29) is 30.3 Å². The summed E-state index contributed by atoms with van der Waals surface area (Å²) in [4.78, 5) is 25.0. The minimum Gasteiger partial charge on any atom is -0.392 e.